The highest BCUT2D eigenvalue weighted by molar-refractivity contribution is 7.92. The number of hydrogen-bond donors (Lipinski definition) is 2. The van der Waals surface area contributed by atoms with Gasteiger partial charge in [-0.25, -0.2) is 22.6 Å². The Balaban J connectivity index is 1.61. The van der Waals surface area contributed by atoms with Crippen LogP contribution in [-0.4, -0.2) is 56.4 Å². The molecule has 0 saturated carbocycles. The van der Waals surface area contributed by atoms with Gasteiger partial charge in [-0.1, -0.05) is 12.1 Å². The first-order valence-corrected chi connectivity index (χ1v) is 11.9. The molecule has 0 aliphatic carbocycles. The number of aromatic carboxylic acids is 1. The van der Waals surface area contributed by atoms with E-state index >= 15 is 0 Å². The van der Waals surface area contributed by atoms with Crippen molar-refractivity contribution in [2.45, 2.75) is 6.92 Å². The number of pyridine rings is 1. The monoisotopic (exact) mass is 458 g/mol. The molecule has 1 aliphatic heterocycles. The second kappa shape index (κ2) is 8.62. The molecule has 0 radical (unpaired) electrons. The second-order valence-electron chi connectivity index (χ2n) is 7.50. The van der Waals surface area contributed by atoms with Gasteiger partial charge in [0.2, 0.25) is 10.0 Å². The molecule has 168 valence electrons. The van der Waals surface area contributed by atoms with Crippen LogP contribution in [0.2, 0.25) is 0 Å². The van der Waals surface area contributed by atoms with Gasteiger partial charge in [0, 0.05) is 37.3 Å². The van der Waals surface area contributed by atoms with E-state index in [-0.39, 0.29) is 22.8 Å². The van der Waals surface area contributed by atoms with Crippen LogP contribution >= 0.6 is 0 Å². The molecule has 0 unspecified atom stereocenters. The van der Waals surface area contributed by atoms with Crippen LogP contribution < -0.4 is 14.5 Å². The van der Waals surface area contributed by atoms with Gasteiger partial charge in [-0.2, -0.15) is 0 Å². The average Bonchev–Trinajstić information content (AvgIpc) is 2.78. The Morgan fingerprint density at radius 2 is 1.78 bits per heavy atom. The summed E-state index contributed by atoms with van der Waals surface area (Å²) >= 11 is 0. The van der Waals surface area contributed by atoms with Crippen LogP contribution in [0.1, 0.15) is 17.3 Å². The fourth-order valence-electron chi connectivity index (χ4n) is 3.75. The third-order valence-corrected chi connectivity index (χ3v) is 6.78. The van der Waals surface area contributed by atoms with Gasteiger partial charge in [-0.05, 0) is 43.3 Å². The predicted octanol–water partition coefficient (Wildman–Crippen LogP) is 3.16. The Morgan fingerprint density at radius 1 is 1.09 bits per heavy atom. The number of nitrogens with zero attached hydrogens (tertiary/aromatic N) is 3. The number of fused-ring (bicyclic) bond motifs is 1. The number of hydrogen-bond acceptors (Lipinski definition) is 6. The first-order valence-electron chi connectivity index (χ1n) is 10.2. The number of carboxylic acids is 1. The Bertz CT molecular complexity index is 1270. The van der Waals surface area contributed by atoms with Gasteiger partial charge in [0.25, 0.3) is 0 Å². The van der Waals surface area contributed by atoms with Gasteiger partial charge in [-0.3, -0.25) is 4.72 Å². The summed E-state index contributed by atoms with van der Waals surface area (Å²) in [4.78, 5) is 20.5. The van der Waals surface area contributed by atoms with Gasteiger partial charge >= 0.3 is 5.97 Å². The molecule has 2 aromatic carbocycles. The lowest BCUT2D eigenvalue weighted by Gasteiger charge is -2.37. The molecule has 10 heteroatoms. The zero-order valence-electron chi connectivity index (χ0n) is 17.5. The maximum Gasteiger partial charge on any atom is 0.336 e. The van der Waals surface area contributed by atoms with E-state index in [4.69, 9.17) is 0 Å². The molecular weight excluding hydrogens is 435 g/mol. The third kappa shape index (κ3) is 4.45. The summed E-state index contributed by atoms with van der Waals surface area (Å²) in [5.41, 5.74) is 1.33. The van der Waals surface area contributed by atoms with Crippen LogP contribution in [0.25, 0.3) is 10.9 Å². The molecule has 0 bridgehead atoms. The van der Waals surface area contributed by atoms with Crippen molar-refractivity contribution in [3.63, 3.8) is 0 Å². The molecular formula is C22H23FN4O4S. The van der Waals surface area contributed by atoms with Gasteiger partial charge < -0.3 is 14.9 Å². The first-order chi connectivity index (χ1) is 15.3. The summed E-state index contributed by atoms with van der Waals surface area (Å²) in [6.07, 6.45) is 0. The van der Waals surface area contributed by atoms with Crippen molar-refractivity contribution in [3.05, 3.63) is 59.9 Å². The number of anilines is 3. The number of carbonyl (C=O) groups is 1. The number of aromatic nitrogens is 1. The first kappa shape index (κ1) is 21.8. The van der Waals surface area contributed by atoms with Crippen molar-refractivity contribution in [2.24, 2.45) is 0 Å². The highest BCUT2D eigenvalue weighted by Crippen LogP contribution is 2.28. The average molecular weight is 459 g/mol. The molecule has 2 N–H and O–H groups in total. The van der Waals surface area contributed by atoms with Crippen molar-refractivity contribution in [3.8, 4) is 0 Å². The number of para-hydroxylation sites is 1. The van der Waals surface area contributed by atoms with E-state index in [1.807, 2.05) is 9.80 Å². The number of halogens is 1. The molecule has 0 amide bonds. The molecule has 0 spiro atoms. The van der Waals surface area contributed by atoms with Crippen LogP contribution in [0.5, 0.6) is 0 Å². The summed E-state index contributed by atoms with van der Waals surface area (Å²) in [6, 6.07) is 12.8. The molecule has 0 atom stereocenters. The zero-order valence-corrected chi connectivity index (χ0v) is 18.3. The van der Waals surface area contributed by atoms with Crippen LogP contribution in [0.15, 0.2) is 48.5 Å². The predicted molar refractivity (Wildman–Crippen MR) is 123 cm³/mol. The molecule has 1 aliphatic rings. The van der Waals surface area contributed by atoms with E-state index in [0.29, 0.717) is 48.6 Å². The highest BCUT2D eigenvalue weighted by atomic mass is 32.2. The fraction of sp³-hybridized carbons (Fsp3) is 0.273. The number of piperazine rings is 1. The SMILES string of the molecule is CCS(=O)(=O)Nc1ccc2nc(N3CCN(c4ccccc4F)CC3)cc(C(=O)O)c2c1. The smallest absolute Gasteiger partial charge is 0.336 e. The fourth-order valence-corrected chi connectivity index (χ4v) is 4.38. The maximum absolute atomic E-state index is 14.1. The van der Waals surface area contributed by atoms with Gasteiger partial charge in [0.15, 0.2) is 0 Å². The number of rotatable bonds is 6. The molecule has 1 saturated heterocycles. The quantitative estimate of drug-likeness (QED) is 0.585. The minimum atomic E-state index is -3.49. The largest absolute Gasteiger partial charge is 0.478 e. The lowest BCUT2D eigenvalue weighted by molar-refractivity contribution is 0.0699. The van der Waals surface area contributed by atoms with Crippen LogP contribution in [0.4, 0.5) is 21.6 Å². The van der Waals surface area contributed by atoms with E-state index < -0.39 is 16.0 Å². The van der Waals surface area contributed by atoms with Crippen LogP contribution in [-0.2, 0) is 10.0 Å². The Labute approximate surface area is 185 Å². The topological polar surface area (TPSA) is 103 Å². The van der Waals surface area contributed by atoms with Crippen molar-refractivity contribution >= 4 is 44.1 Å². The minimum absolute atomic E-state index is 0.0408. The Morgan fingerprint density at radius 3 is 2.44 bits per heavy atom. The summed E-state index contributed by atoms with van der Waals surface area (Å²) in [6.45, 7) is 3.77. The Hall–Kier alpha value is -3.40. The van der Waals surface area contributed by atoms with Crippen LogP contribution in [0.3, 0.4) is 0 Å². The standard InChI is InChI=1S/C22H23FN4O4S/c1-2-32(30,31)25-15-7-8-19-16(13-15)17(22(28)29)14-21(24-19)27-11-9-26(10-12-27)20-6-4-3-5-18(20)23/h3-8,13-14,25H,2,9-12H2,1H3,(H,28,29). The zero-order chi connectivity index (χ0) is 22.9. The van der Waals surface area contributed by atoms with Crippen LogP contribution in [0, 0.1) is 5.82 Å². The summed E-state index contributed by atoms with van der Waals surface area (Å²) in [5.74, 6) is -0.969. The number of nitrogens with one attached hydrogen (secondary N) is 1. The minimum Gasteiger partial charge on any atom is -0.478 e. The van der Waals surface area contributed by atoms with Gasteiger partial charge in [0.05, 0.1) is 22.5 Å². The maximum atomic E-state index is 14.1. The lowest BCUT2D eigenvalue weighted by Crippen LogP contribution is -2.47. The van der Waals surface area contributed by atoms with Crippen molar-refractivity contribution in [1.82, 2.24) is 4.98 Å². The normalized spacial score (nSPS) is 14.6. The van der Waals surface area contributed by atoms with E-state index in [1.165, 1.54) is 25.1 Å². The molecule has 1 aromatic heterocycles. The van der Waals surface area contributed by atoms with E-state index in [2.05, 4.69) is 9.71 Å². The molecule has 4 rings (SSSR count). The van der Waals surface area contributed by atoms with Crippen molar-refractivity contribution < 1.29 is 22.7 Å². The van der Waals surface area contributed by atoms with Gasteiger partial charge in [-0.15, -0.1) is 0 Å². The summed E-state index contributed by atoms with van der Waals surface area (Å²) < 4.78 is 40.2. The number of carboxylic acid groups (broad SMARTS) is 1. The third-order valence-electron chi connectivity index (χ3n) is 5.48. The molecule has 32 heavy (non-hydrogen) atoms. The number of benzene rings is 2. The van der Waals surface area contributed by atoms with Gasteiger partial charge in [0.1, 0.15) is 11.6 Å². The molecule has 8 nitrogen and oxygen atoms in total. The summed E-state index contributed by atoms with van der Waals surface area (Å²) in [7, 11) is -3.49. The van der Waals surface area contributed by atoms with Crippen molar-refractivity contribution in [2.75, 3.05) is 46.5 Å². The number of sulfonamides is 1. The van der Waals surface area contributed by atoms with E-state index in [9.17, 15) is 22.7 Å². The second-order valence-corrected chi connectivity index (χ2v) is 9.51. The highest BCUT2D eigenvalue weighted by Gasteiger charge is 2.22. The molecule has 2 heterocycles. The molecule has 1 fully saturated rings. The molecule has 3 aromatic rings. The Kier molecular flexibility index (Phi) is 5.88. The van der Waals surface area contributed by atoms with E-state index in [0.717, 1.165) is 0 Å². The lowest BCUT2D eigenvalue weighted by atomic mass is 10.1. The summed E-state index contributed by atoms with van der Waals surface area (Å²) in [5, 5.41) is 10.1. The van der Waals surface area contributed by atoms with Crippen molar-refractivity contribution in [1.29, 1.82) is 0 Å². The van der Waals surface area contributed by atoms with E-state index in [1.54, 1.807) is 30.3 Å².